The van der Waals surface area contributed by atoms with Gasteiger partial charge in [-0.15, -0.1) is 5.10 Å². The third kappa shape index (κ3) is 2.84. The Hall–Kier alpha value is -1.50. The second-order valence-corrected chi connectivity index (χ2v) is 4.95. The Morgan fingerprint density at radius 1 is 1.50 bits per heavy atom. The minimum absolute atomic E-state index is 0.00140. The highest BCUT2D eigenvalue weighted by molar-refractivity contribution is 7.08. The molecule has 2 amide bonds. The van der Waals surface area contributed by atoms with Gasteiger partial charge in [-0.3, -0.25) is 9.59 Å². The van der Waals surface area contributed by atoms with Gasteiger partial charge in [-0.1, -0.05) is 17.8 Å². The molecule has 98 valence electrons. The fourth-order valence-corrected chi connectivity index (χ4v) is 2.56. The summed E-state index contributed by atoms with van der Waals surface area (Å²) in [5, 5.41) is 6.75. The molecule has 1 aromatic rings. The molecule has 0 aromatic carbocycles. The van der Waals surface area contributed by atoms with Crippen LogP contribution in [0, 0.1) is 0 Å². The van der Waals surface area contributed by atoms with E-state index >= 15 is 0 Å². The molecule has 7 heteroatoms. The van der Waals surface area contributed by atoms with Crippen LogP contribution < -0.4 is 5.32 Å². The number of hydrogen-bond acceptors (Lipinski definition) is 5. The minimum Gasteiger partial charge on any atom is -0.354 e. The molecule has 18 heavy (non-hydrogen) atoms. The van der Waals surface area contributed by atoms with Gasteiger partial charge in [0.1, 0.15) is 4.88 Å². The smallest absolute Gasteiger partial charge is 0.267 e. The van der Waals surface area contributed by atoms with Crippen LogP contribution in [-0.4, -0.2) is 45.9 Å². The summed E-state index contributed by atoms with van der Waals surface area (Å²) in [6, 6.07) is 0. The first-order chi connectivity index (χ1) is 8.72. The highest BCUT2D eigenvalue weighted by Crippen LogP contribution is 2.16. The third-order valence-electron chi connectivity index (χ3n) is 2.84. The van der Waals surface area contributed by atoms with Crippen LogP contribution >= 0.6 is 11.5 Å². The van der Waals surface area contributed by atoms with E-state index in [4.69, 9.17) is 0 Å². The predicted molar refractivity (Wildman–Crippen MR) is 67.4 cm³/mol. The van der Waals surface area contributed by atoms with Crippen molar-refractivity contribution in [3.63, 3.8) is 0 Å². The van der Waals surface area contributed by atoms with Gasteiger partial charge in [0.2, 0.25) is 5.91 Å². The van der Waals surface area contributed by atoms with Gasteiger partial charge in [0.15, 0.2) is 0 Å². The average molecular weight is 268 g/mol. The van der Waals surface area contributed by atoms with Crippen molar-refractivity contribution in [2.75, 3.05) is 19.6 Å². The lowest BCUT2D eigenvalue weighted by atomic mass is 10.2. The van der Waals surface area contributed by atoms with Crippen LogP contribution in [0.1, 0.15) is 35.1 Å². The third-order valence-corrected chi connectivity index (χ3v) is 3.59. The maximum atomic E-state index is 12.3. The fraction of sp³-hybridized carbons (Fsp3) is 0.636. The lowest BCUT2D eigenvalue weighted by Gasteiger charge is -2.18. The van der Waals surface area contributed by atoms with E-state index in [1.807, 2.05) is 6.92 Å². The summed E-state index contributed by atoms with van der Waals surface area (Å²) in [5.74, 6) is -0.0496. The molecule has 1 N–H and O–H groups in total. The quantitative estimate of drug-likeness (QED) is 0.864. The largest absolute Gasteiger partial charge is 0.354 e. The number of carbonyl (C=O) groups excluding carboxylic acids is 2. The van der Waals surface area contributed by atoms with Crippen LogP contribution in [0.4, 0.5) is 0 Å². The van der Waals surface area contributed by atoms with E-state index in [1.54, 1.807) is 4.90 Å². The molecule has 0 unspecified atom stereocenters. The van der Waals surface area contributed by atoms with Crippen LogP contribution in [-0.2, 0) is 11.2 Å². The molecular weight excluding hydrogens is 252 g/mol. The number of nitrogens with one attached hydrogen (secondary N) is 1. The summed E-state index contributed by atoms with van der Waals surface area (Å²) >= 11 is 1.14. The molecule has 6 nitrogen and oxygen atoms in total. The summed E-state index contributed by atoms with van der Waals surface area (Å²) in [4.78, 5) is 25.9. The number of amides is 2. The summed E-state index contributed by atoms with van der Waals surface area (Å²) in [7, 11) is 0. The van der Waals surface area contributed by atoms with E-state index in [1.165, 1.54) is 0 Å². The monoisotopic (exact) mass is 268 g/mol. The Balaban J connectivity index is 2.10. The molecule has 1 saturated heterocycles. The summed E-state index contributed by atoms with van der Waals surface area (Å²) < 4.78 is 3.86. The fourth-order valence-electron chi connectivity index (χ4n) is 1.89. The Kier molecular flexibility index (Phi) is 4.24. The molecule has 0 aliphatic carbocycles. The molecule has 0 radical (unpaired) electrons. The van der Waals surface area contributed by atoms with Crippen molar-refractivity contribution in [3.8, 4) is 0 Å². The van der Waals surface area contributed by atoms with Gasteiger partial charge in [0.05, 0.1) is 5.69 Å². The Bertz CT molecular complexity index is 446. The molecule has 2 heterocycles. The van der Waals surface area contributed by atoms with Gasteiger partial charge in [0, 0.05) is 26.1 Å². The van der Waals surface area contributed by atoms with Crippen molar-refractivity contribution in [2.24, 2.45) is 0 Å². The normalized spacial score (nSPS) is 16.3. The number of hydrogen-bond donors (Lipinski definition) is 1. The van der Waals surface area contributed by atoms with Crippen molar-refractivity contribution in [1.29, 1.82) is 0 Å². The van der Waals surface area contributed by atoms with Gasteiger partial charge >= 0.3 is 0 Å². The molecule has 1 aromatic heterocycles. The zero-order chi connectivity index (χ0) is 13.0. The van der Waals surface area contributed by atoms with Crippen molar-refractivity contribution in [1.82, 2.24) is 19.8 Å². The van der Waals surface area contributed by atoms with Crippen LogP contribution in [0.25, 0.3) is 0 Å². The van der Waals surface area contributed by atoms with Crippen LogP contribution in [0.2, 0.25) is 0 Å². The van der Waals surface area contributed by atoms with Crippen molar-refractivity contribution in [2.45, 2.75) is 26.2 Å². The maximum Gasteiger partial charge on any atom is 0.267 e. The SMILES string of the molecule is CCCc1nnsc1C(=O)N1CCNC(=O)CC1. The number of carbonyl (C=O) groups is 2. The van der Waals surface area contributed by atoms with Crippen molar-refractivity contribution >= 4 is 23.3 Å². The van der Waals surface area contributed by atoms with Gasteiger partial charge in [-0.25, -0.2) is 0 Å². The lowest BCUT2D eigenvalue weighted by Crippen LogP contribution is -2.34. The summed E-state index contributed by atoms with van der Waals surface area (Å²) in [6.07, 6.45) is 2.06. The van der Waals surface area contributed by atoms with E-state index < -0.39 is 0 Å². The number of aromatic nitrogens is 2. The molecule has 0 saturated carbocycles. The molecule has 2 rings (SSSR count). The first-order valence-electron chi connectivity index (χ1n) is 6.09. The number of rotatable bonds is 3. The van der Waals surface area contributed by atoms with E-state index in [0.29, 0.717) is 30.9 Å². The first-order valence-corrected chi connectivity index (χ1v) is 6.87. The van der Waals surface area contributed by atoms with Crippen LogP contribution in [0.3, 0.4) is 0 Å². The summed E-state index contributed by atoms with van der Waals surface area (Å²) in [5.41, 5.74) is 0.774. The van der Waals surface area contributed by atoms with Crippen molar-refractivity contribution in [3.05, 3.63) is 10.6 Å². The second kappa shape index (κ2) is 5.90. The molecule has 1 aliphatic rings. The zero-order valence-electron chi connectivity index (χ0n) is 10.3. The van der Waals surface area contributed by atoms with Crippen molar-refractivity contribution < 1.29 is 9.59 Å². The Morgan fingerprint density at radius 3 is 3.11 bits per heavy atom. The van der Waals surface area contributed by atoms with E-state index in [2.05, 4.69) is 14.9 Å². The maximum absolute atomic E-state index is 12.3. The second-order valence-electron chi connectivity index (χ2n) is 4.19. The highest BCUT2D eigenvalue weighted by atomic mass is 32.1. The Morgan fingerprint density at radius 2 is 2.33 bits per heavy atom. The van der Waals surface area contributed by atoms with E-state index in [-0.39, 0.29) is 11.8 Å². The van der Waals surface area contributed by atoms with E-state index in [0.717, 1.165) is 30.1 Å². The molecule has 0 spiro atoms. The van der Waals surface area contributed by atoms with E-state index in [9.17, 15) is 9.59 Å². The first kappa shape index (κ1) is 12.9. The number of nitrogens with zero attached hydrogens (tertiary/aromatic N) is 3. The molecular formula is C11H16N4O2S. The molecule has 1 fully saturated rings. The Labute approximate surface area is 110 Å². The zero-order valence-corrected chi connectivity index (χ0v) is 11.1. The van der Waals surface area contributed by atoms with Gasteiger partial charge in [-0.2, -0.15) is 0 Å². The standard InChI is InChI=1S/C11H16N4O2S/c1-2-3-8-10(18-14-13-8)11(17)15-6-4-9(16)12-5-7-15/h2-7H2,1H3,(H,12,16). The molecule has 0 bridgehead atoms. The van der Waals surface area contributed by atoms with Gasteiger partial charge in [0.25, 0.3) is 5.91 Å². The van der Waals surface area contributed by atoms with Crippen LogP contribution in [0.5, 0.6) is 0 Å². The number of aryl methyl sites for hydroxylation is 1. The lowest BCUT2D eigenvalue weighted by molar-refractivity contribution is -0.120. The molecule has 0 atom stereocenters. The highest BCUT2D eigenvalue weighted by Gasteiger charge is 2.24. The summed E-state index contributed by atoms with van der Waals surface area (Å²) in [6.45, 7) is 3.57. The molecule has 1 aliphatic heterocycles. The predicted octanol–water partition coefficient (Wildman–Crippen LogP) is 0.453. The van der Waals surface area contributed by atoms with Crippen LogP contribution in [0.15, 0.2) is 0 Å². The van der Waals surface area contributed by atoms with Gasteiger partial charge < -0.3 is 10.2 Å². The van der Waals surface area contributed by atoms with Gasteiger partial charge in [-0.05, 0) is 18.0 Å². The minimum atomic E-state index is -0.0510. The average Bonchev–Trinajstić information content (AvgIpc) is 2.70. The topological polar surface area (TPSA) is 75.2 Å².